The summed E-state index contributed by atoms with van der Waals surface area (Å²) in [5, 5.41) is 85.0. The van der Waals surface area contributed by atoms with Gasteiger partial charge in [-0.1, -0.05) is 89.2 Å². The number of halogens is 1. The van der Waals surface area contributed by atoms with Crippen molar-refractivity contribution in [1.29, 1.82) is 0 Å². The van der Waals surface area contributed by atoms with Gasteiger partial charge in [-0.25, -0.2) is 8.42 Å². The van der Waals surface area contributed by atoms with Crippen molar-refractivity contribution in [2.75, 3.05) is 0 Å². The van der Waals surface area contributed by atoms with Gasteiger partial charge < -0.3 is 30.1 Å². The number of hydrogen-bond donors (Lipinski definition) is 1. The molecular weight excluding hydrogens is 734 g/mol. The van der Waals surface area contributed by atoms with Crippen molar-refractivity contribution in [3.8, 4) is 28.7 Å². The Morgan fingerprint density at radius 1 is 0.680 bits per heavy atom. The summed E-state index contributed by atoms with van der Waals surface area (Å²) < 4.78 is 33.4. The summed E-state index contributed by atoms with van der Waals surface area (Å²) in [6.45, 7) is 0. The van der Waals surface area contributed by atoms with Gasteiger partial charge in [-0.2, -0.15) is 20.5 Å². The molecule has 0 aliphatic heterocycles. The zero-order valence-corrected chi connectivity index (χ0v) is 27.6. The second kappa shape index (κ2) is 15.2. The van der Waals surface area contributed by atoms with Gasteiger partial charge in [0, 0.05) is 22.5 Å². The van der Waals surface area contributed by atoms with Gasteiger partial charge in [-0.15, -0.1) is 0 Å². The largest absolute Gasteiger partial charge is 3.00 e. The van der Waals surface area contributed by atoms with Gasteiger partial charge in [0.2, 0.25) is 0 Å². The Kier molecular flexibility index (Phi) is 11.2. The number of phenolic OH excluding ortho intramolecular Hbond substituents is 1. The Bertz CT molecular complexity index is 2460. The topological polar surface area (TPSA) is 262 Å². The maximum absolute atomic E-state index is 12.1. The standard InChI is InChI=1S/C16H11ClN2O6S.C16H11N3O4.Cr/c17-9-2-4-12(20)11(6-9)18-19-16-13(21)3-1-8-5-10(26(23,24)25)7-14(22)15(8)16;20-14-8-5-10-3-1-2-4-12(10)16(14)18-17-13-7-6-11(19(22)23)9-15(13)21;/h1-7,20-22H,(H,23,24,25);1-9,20-21H;/q;;+3/p-3. The molecule has 6 aromatic rings. The zero-order valence-electron chi connectivity index (χ0n) is 26.8. The van der Waals surface area contributed by atoms with Gasteiger partial charge in [0.05, 0.1) is 38.0 Å². The van der Waals surface area contributed by atoms with Crippen molar-refractivity contribution in [3.63, 3.8) is 0 Å². The summed E-state index contributed by atoms with van der Waals surface area (Å²) in [7, 11) is -4.80. The number of fused-ring (bicyclic) bond motifs is 2. The second-order valence-corrected chi connectivity index (χ2v) is 11.8. The first-order valence-corrected chi connectivity index (χ1v) is 15.4. The van der Waals surface area contributed by atoms with Crippen LogP contribution in [0.5, 0.6) is 28.7 Å². The Hall–Kier alpha value is -5.83. The van der Waals surface area contributed by atoms with Crippen LogP contribution in [0, 0.1) is 10.1 Å². The van der Waals surface area contributed by atoms with E-state index in [9.17, 15) is 48.6 Å². The van der Waals surface area contributed by atoms with E-state index >= 15 is 0 Å². The van der Waals surface area contributed by atoms with Crippen LogP contribution in [0.3, 0.4) is 0 Å². The molecule has 6 rings (SSSR count). The van der Waals surface area contributed by atoms with Crippen molar-refractivity contribution in [2.45, 2.75) is 4.90 Å². The second-order valence-electron chi connectivity index (χ2n) is 9.96. The maximum Gasteiger partial charge on any atom is 3.00 e. The van der Waals surface area contributed by atoms with E-state index in [4.69, 9.17) is 11.6 Å². The third-order valence-electron chi connectivity index (χ3n) is 6.75. The number of nitrogens with zero attached hydrogens (tertiary/aromatic N) is 5. The van der Waals surface area contributed by atoms with Crippen LogP contribution in [0.1, 0.15) is 2.85 Å². The molecule has 0 saturated carbocycles. The molecule has 0 aromatic heterocycles. The minimum absolute atomic E-state index is 0. The molecule has 0 fully saturated rings. The molecule has 251 valence electrons. The molecule has 50 heavy (non-hydrogen) atoms. The van der Waals surface area contributed by atoms with Crippen LogP contribution in [0.2, 0.25) is 5.02 Å². The van der Waals surface area contributed by atoms with Crippen LogP contribution in [0.4, 0.5) is 28.4 Å². The third kappa shape index (κ3) is 8.24. The minimum Gasteiger partial charge on any atom is -0.871 e. The first-order valence-electron chi connectivity index (χ1n) is 13.6. The maximum atomic E-state index is 12.1. The Balaban J connectivity index is 0.000000343. The van der Waals surface area contributed by atoms with Gasteiger partial charge in [0.1, 0.15) is 15.9 Å². The van der Waals surface area contributed by atoms with E-state index < -0.39 is 42.9 Å². The molecule has 0 amide bonds. The van der Waals surface area contributed by atoms with Gasteiger partial charge >= 0.3 is 20.2 Å². The Morgan fingerprint density at radius 2 is 1.30 bits per heavy atom. The third-order valence-corrected chi connectivity index (χ3v) is 7.80. The van der Waals surface area contributed by atoms with Crippen molar-refractivity contribution >= 4 is 71.7 Å². The molecule has 6 aromatic carbocycles. The van der Waals surface area contributed by atoms with Gasteiger partial charge in [0.15, 0.2) is 0 Å². The number of hydrogen-bond acceptors (Lipinski definition) is 14. The predicted octanol–water partition coefficient (Wildman–Crippen LogP) is 6.20. The molecule has 0 heterocycles. The van der Waals surface area contributed by atoms with E-state index in [1.807, 2.05) is 12.1 Å². The van der Waals surface area contributed by atoms with Crippen molar-refractivity contribution in [3.05, 3.63) is 112 Å². The van der Waals surface area contributed by atoms with Gasteiger partial charge in [-0.05, 0) is 41.1 Å². The number of phenols is 1. The number of non-ortho nitro benzene ring substituents is 1. The quantitative estimate of drug-likeness (QED) is 0.0871. The molecule has 18 heteroatoms. The van der Waals surface area contributed by atoms with Crippen LogP contribution in [0.25, 0.3) is 21.5 Å². The van der Waals surface area contributed by atoms with E-state index in [2.05, 4.69) is 20.5 Å². The summed E-state index contributed by atoms with van der Waals surface area (Å²) in [6, 6.07) is 21.3. The SMILES string of the molecule is O=S(=O)([O-])c1cc(O)c2c(N=Nc3cc(Cl)ccc3[O-])c([O-])ccc2c1.O=[N+]([O-])c1ccc(N=Nc2c([O-])ccc3ccccc23)c([O-])c1.[Cr+3].[H+].[H+]. The molecule has 0 saturated heterocycles. The summed E-state index contributed by atoms with van der Waals surface area (Å²) in [5.41, 5.74) is -0.686. The molecule has 0 aliphatic carbocycles. The van der Waals surface area contributed by atoms with Crippen molar-refractivity contribution in [2.24, 2.45) is 20.5 Å². The molecule has 0 unspecified atom stereocenters. The Morgan fingerprint density at radius 3 is 1.98 bits per heavy atom. The Labute approximate surface area is 300 Å². The van der Waals surface area contributed by atoms with E-state index in [1.54, 1.807) is 18.2 Å². The van der Waals surface area contributed by atoms with Crippen LogP contribution in [-0.2, 0) is 27.5 Å². The van der Waals surface area contributed by atoms with E-state index in [0.717, 1.165) is 35.7 Å². The first-order chi connectivity index (χ1) is 23.2. The summed E-state index contributed by atoms with van der Waals surface area (Å²) >= 11 is 5.78. The van der Waals surface area contributed by atoms with Gasteiger partial charge in [-0.3, -0.25) is 10.1 Å². The van der Waals surface area contributed by atoms with Crippen molar-refractivity contribution < 1.29 is 63.6 Å². The van der Waals surface area contributed by atoms with E-state index in [1.165, 1.54) is 36.4 Å². The molecular formula is C32H19ClCrN5O10S. The summed E-state index contributed by atoms with van der Waals surface area (Å²) in [6.07, 6.45) is 0. The molecule has 0 bridgehead atoms. The van der Waals surface area contributed by atoms with Crippen molar-refractivity contribution in [1.82, 2.24) is 0 Å². The molecule has 0 aliphatic rings. The van der Waals surface area contributed by atoms with Crippen LogP contribution >= 0.6 is 11.6 Å². The van der Waals surface area contributed by atoms with E-state index in [0.29, 0.717) is 5.39 Å². The number of aromatic hydroxyl groups is 1. The average Bonchev–Trinajstić information content (AvgIpc) is 3.05. The fourth-order valence-electron chi connectivity index (χ4n) is 4.44. The summed E-state index contributed by atoms with van der Waals surface area (Å²) in [4.78, 5) is 9.29. The molecule has 1 N–H and O–H groups in total. The minimum atomic E-state index is -4.80. The zero-order chi connectivity index (χ0) is 35.5. The summed E-state index contributed by atoms with van der Waals surface area (Å²) in [5.74, 6) is -2.67. The van der Waals surface area contributed by atoms with Gasteiger partial charge in [0.25, 0.3) is 5.69 Å². The average molecular weight is 753 g/mol. The molecule has 1 radical (unpaired) electrons. The fraction of sp³-hybridized carbons (Fsp3) is 0. The van der Waals surface area contributed by atoms with Crippen LogP contribution < -0.4 is 20.4 Å². The number of nitro groups is 1. The molecule has 15 nitrogen and oxygen atoms in total. The monoisotopic (exact) mass is 752 g/mol. The van der Waals surface area contributed by atoms with Crippen LogP contribution in [0.15, 0.2) is 122 Å². The first kappa shape index (κ1) is 37.0. The smallest absolute Gasteiger partial charge is 0.871 e. The molecule has 0 atom stereocenters. The fourth-order valence-corrected chi connectivity index (χ4v) is 5.13. The van der Waals surface area contributed by atoms with E-state index in [-0.39, 0.29) is 70.2 Å². The normalized spacial score (nSPS) is 11.4. The van der Waals surface area contributed by atoms with Crippen LogP contribution in [-0.4, -0.2) is 23.0 Å². The number of benzene rings is 6. The number of azo groups is 2. The molecule has 0 spiro atoms. The number of rotatable bonds is 6. The number of nitro benzene ring substituents is 1. The predicted molar refractivity (Wildman–Crippen MR) is 170 cm³/mol.